The number of ether oxygens (including phenoxy) is 3. The average Bonchev–Trinajstić information content (AvgIpc) is 2.30. The Balaban J connectivity index is 2.01. The lowest BCUT2D eigenvalue weighted by Crippen LogP contribution is -2.12. The lowest BCUT2D eigenvalue weighted by Gasteiger charge is -2.07. The van der Waals surface area contributed by atoms with Crippen LogP contribution in [0.15, 0.2) is 24.3 Å². The van der Waals surface area contributed by atoms with Gasteiger partial charge in [0.05, 0.1) is 13.2 Å². The van der Waals surface area contributed by atoms with E-state index in [9.17, 15) is 4.79 Å². The lowest BCUT2D eigenvalue weighted by molar-refractivity contribution is 0.0390. The van der Waals surface area contributed by atoms with Crippen LogP contribution in [0.5, 0.6) is 5.75 Å². The summed E-state index contributed by atoms with van der Waals surface area (Å²) in [5.74, 6) is 0.793. The second-order valence-corrected chi connectivity index (χ2v) is 3.39. The summed E-state index contributed by atoms with van der Waals surface area (Å²) >= 11 is 0. The second kappa shape index (κ2) is 7.51. The third-order valence-electron chi connectivity index (χ3n) is 1.97. The summed E-state index contributed by atoms with van der Waals surface area (Å²) in [6.07, 6.45) is -1.29. The molecule has 0 spiro atoms. The molecule has 94 valence electrons. The summed E-state index contributed by atoms with van der Waals surface area (Å²) in [6, 6.07) is 7.72. The normalized spacial score (nSPS) is 9.94. The monoisotopic (exact) mass is 240 g/mol. The van der Waals surface area contributed by atoms with Gasteiger partial charge in [0.2, 0.25) is 0 Å². The maximum absolute atomic E-state index is 10.00. The summed E-state index contributed by atoms with van der Waals surface area (Å²) in [6.45, 7) is 3.12. The van der Waals surface area contributed by atoms with Crippen LogP contribution < -0.4 is 4.74 Å². The smallest absolute Gasteiger partial charge is 0.491 e. The van der Waals surface area contributed by atoms with Crippen molar-refractivity contribution in [2.24, 2.45) is 0 Å². The molecule has 0 radical (unpaired) electrons. The number of rotatable bonds is 7. The molecule has 0 atom stereocenters. The van der Waals surface area contributed by atoms with E-state index in [0.717, 1.165) is 5.75 Å². The van der Waals surface area contributed by atoms with Gasteiger partial charge in [0.25, 0.3) is 0 Å². The Bertz CT molecular complexity index is 333. The fourth-order valence-corrected chi connectivity index (χ4v) is 1.14. The Morgan fingerprint density at radius 3 is 2.41 bits per heavy atom. The van der Waals surface area contributed by atoms with Crippen molar-refractivity contribution in [3.05, 3.63) is 29.8 Å². The number of hydrogen-bond donors (Lipinski definition) is 1. The molecule has 0 bridgehead atoms. The molecule has 5 nitrogen and oxygen atoms in total. The highest BCUT2D eigenvalue weighted by atomic mass is 16.7. The van der Waals surface area contributed by atoms with Crippen molar-refractivity contribution in [3.63, 3.8) is 0 Å². The van der Waals surface area contributed by atoms with Crippen LogP contribution in [-0.2, 0) is 9.47 Å². The average molecular weight is 240 g/mol. The first kappa shape index (κ1) is 13.3. The summed E-state index contributed by atoms with van der Waals surface area (Å²) in [5, 5.41) is 8.18. The van der Waals surface area contributed by atoms with E-state index in [4.69, 9.17) is 14.6 Å². The zero-order valence-corrected chi connectivity index (χ0v) is 9.72. The molecule has 0 aliphatic carbocycles. The minimum absolute atomic E-state index is 0.0415. The number of hydrogen-bond acceptors (Lipinski definition) is 4. The van der Waals surface area contributed by atoms with Crippen molar-refractivity contribution in [2.45, 2.75) is 6.92 Å². The molecule has 0 aliphatic rings. The number of benzene rings is 1. The highest BCUT2D eigenvalue weighted by Gasteiger charge is 1.96. The summed E-state index contributed by atoms with van der Waals surface area (Å²) in [4.78, 5) is 10.00. The van der Waals surface area contributed by atoms with Crippen LogP contribution in [0, 0.1) is 6.92 Å². The Morgan fingerprint density at radius 1 is 1.12 bits per heavy atom. The Morgan fingerprint density at radius 2 is 1.76 bits per heavy atom. The lowest BCUT2D eigenvalue weighted by atomic mass is 10.2. The molecule has 0 aliphatic heterocycles. The Labute approximate surface area is 99.9 Å². The number of carbonyl (C=O) groups is 1. The third kappa shape index (κ3) is 6.42. The van der Waals surface area contributed by atoms with Crippen molar-refractivity contribution in [1.82, 2.24) is 0 Å². The third-order valence-corrected chi connectivity index (χ3v) is 1.97. The van der Waals surface area contributed by atoms with Crippen LogP contribution in [0.25, 0.3) is 0 Å². The molecule has 0 heterocycles. The van der Waals surface area contributed by atoms with Gasteiger partial charge in [-0.15, -0.1) is 0 Å². The van der Waals surface area contributed by atoms with Gasteiger partial charge in [-0.1, -0.05) is 17.7 Å². The topological polar surface area (TPSA) is 65.0 Å². The molecule has 0 saturated carbocycles. The van der Waals surface area contributed by atoms with Crippen LogP contribution in [0.1, 0.15) is 5.56 Å². The van der Waals surface area contributed by atoms with Crippen LogP contribution in [0.3, 0.4) is 0 Å². The maximum atomic E-state index is 10.00. The van der Waals surface area contributed by atoms with Gasteiger partial charge < -0.3 is 19.3 Å². The van der Waals surface area contributed by atoms with Crippen molar-refractivity contribution < 1.29 is 24.1 Å². The van der Waals surface area contributed by atoms with Gasteiger partial charge in [-0.25, -0.2) is 4.79 Å². The van der Waals surface area contributed by atoms with Gasteiger partial charge in [0.1, 0.15) is 19.0 Å². The predicted octanol–water partition coefficient (Wildman–Crippen LogP) is 2.09. The fourth-order valence-electron chi connectivity index (χ4n) is 1.14. The Hall–Kier alpha value is -1.75. The van der Waals surface area contributed by atoms with E-state index in [1.807, 2.05) is 31.2 Å². The van der Waals surface area contributed by atoms with E-state index in [0.29, 0.717) is 13.2 Å². The summed E-state index contributed by atoms with van der Waals surface area (Å²) in [7, 11) is 0. The second-order valence-electron chi connectivity index (χ2n) is 3.39. The molecule has 1 rings (SSSR count). The molecular weight excluding hydrogens is 224 g/mol. The molecule has 1 N–H and O–H groups in total. The molecule has 0 aromatic heterocycles. The largest absolute Gasteiger partial charge is 0.505 e. The highest BCUT2D eigenvalue weighted by Crippen LogP contribution is 2.10. The van der Waals surface area contributed by atoms with Crippen LogP contribution in [0.2, 0.25) is 0 Å². The number of carboxylic acid groups (broad SMARTS) is 1. The maximum Gasteiger partial charge on any atom is 0.505 e. The van der Waals surface area contributed by atoms with Crippen molar-refractivity contribution in [2.75, 3.05) is 26.4 Å². The van der Waals surface area contributed by atoms with Crippen LogP contribution in [0.4, 0.5) is 4.79 Å². The van der Waals surface area contributed by atoms with E-state index in [-0.39, 0.29) is 13.2 Å². The fraction of sp³-hybridized carbons (Fsp3) is 0.417. The molecular formula is C12H16O5. The van der Waals surface area contributed by atoms with E-state index >= 15 is 0 Å². The predicted molar refractivity (Wildman–Crippen MR) is 61.5 cm³/mol. The van der Waals surface area contributed by atoms with Gasteiger partial charge in [0, 0.05) is 0 Å². The molecule has 0 fully saturated rings. The van der Waals surface area contributed by atoms with Gasteiger partial charge >= 0.3 is 6.16 Å². The zero-order chi connectivity index (χ0) is 12.5. The van der Waals surface area contributed by atoms with Crippen LogP contribution in [-0.4, -0.2) is 37.7 Å². The minimum Gasteiger partial charge on any atom is -0.491 e. The van der Waals surface area contributed by atoms with Gasteiger partial charge in [-0.2, -0.15) is 0 Å². The standard InChI is InChI=1S/C12H16O5/c1-10-2-4-11(5-3-10)16-8-6-15-7-9-17-12(13)14/h2-5H,6-9H2,1H3,(H,13,14). The molecule has 17 heavy (non-hydrogen) atoms. The summed E-state index contributed by atoms with van der Waals surface area (Å²) < 4.78 is 14.8. The van der Waals surface area contributed by atoms with E-state index in [1.165, 1.54) is 5.56 Å². The van der Waals surface area contributed by atoms with Gasteiger partial charge in [-0.3, -0.25) is 0 Å². The van der Waals surface area contributed by atoms with E-state index < -0.39 is 6.16 Å². The van der Waals surface area contributed by atoms with Crippen molar-refractivity contribution in [1.29, 1.82) is 0 Å². The Kier molecular flexibility index (Phi) is 5.88. The SMILES string of the molecule is Cc1ccc(OCCOCCOC(=O)O)cc1. The molecule has 5 heteroatoms. The van der Waals surface area contributed by atoms with Crippen molar-refractivity contribution >= 4 is 6.16 Å². The molecule has 0 amide bonds. The zero-order valence-electron chi connectivity index (χ0n) is 9.72. The van der Waals surface area contributed by atoms with Gasteiger partial charge in [-0.05, 0) is 19.1 Å². The van der Waals surface area contributed by atoms with E-state index in [2.05, 4.69) is 4.74 Å². The molecule has 1 aromatic carbocycles. The van der Waals surface area contributed by atoms with Crippen LogP contribution >= 0.6 is 0 Å². The molecule has 0 saturated heterocycles. The van der Waals surface area contributed by atoms with E-state index in [1.54, 1.807) is 0 Å². The number of aryl methyl sites for hydroxylation is 1. The van der Waals surface area contributed by atoms with Crippen molar-refractivity contribution in [3.8, 4) is 5.75 Å². The molecule has 1 aromatic rings. The first-order valence-electron chi connectivity index (χ1n) is 5.31. The first-order valence-corrected chi connectivity index (χ1v) is 5.31. The quantitative estimate of drug-likeness (QED) is 0.584. The summed E-state index contributed by atoms with van der Waals surface area (Å²) in [5.41, 5.74) is 1.18. The molecule has 0 unspecified atom stereocenters. The van der Waals surface area contributed by atoms with Gasteiger partial charge in [0.15, 0.2) is 0 Å². The first-order chi connectivity index (χ1) is 8.18. The highest BCUT2D eigenvalue weighted by molar-refractivity contribution is 5.56. The minimum atomic E-state index is -1.29.